The monoisotopic (exact) mass is 421 g/mol. The van der Waals surface area contributed by atoms with Crippen molar-refractivity contribution >= 4 is 5.82 Å². The molecule has 7 heteroatoms. The predicted molar refractivity (Wildman–Crippen MR) is 118 cm³/mol. The lowest BCUT2D eigenvalue weighted by Gasteiger charge is -2.38. The first kappa shape index (κ1) is 20.0. The lowest BCUT2D eigenvalue weighted by molar-refractivity contribution is 0.144. The molecule has 2 fully saturated rings. The molecule has 2 saturated carbocycles. The molecule has 0 aliphatic heterocycles. The maximum absolute atomic E-state index is 14.9. The molecule has 5 rings (SSSR count). The van der Waals surface area contributed by atoms with Gasteiger partial charge in [0, 0.05) is 32.3 Å². The molecule has 0 saturated heterocycles. The van der Waals surface area contributed by atoms with Crippen molar-refractivity contribution in [3.8, 4) is 17.0 Å². The van der Waals surface area contributed by atoms with E-state index in [2.05, 4.69) is 15.3 Å². The van der Waals surface area contributed by atoms with E-state index < -0.39 is 6.17 Å². The van der Waals surface area contributed by atoms with Crippen LogP contribution in [-0.2, 0) is 13.5 Å². The van der Waals surface area contributed by atoms with Crippen LogP contribution in [0.25, 0.3) is 11.3 Å². The minimum absolute atomic E-state index is 0.133. The fourth-order valence-electron chi connectivity index (χ4n) is 5.30. The molecule has 1 aromatic carbocycles. The minimum Gasteiger partial charge on any atom is -0.507 e. The Morgan fingerprint density at radius 1 is 1.13 bits per heavy atom. The van der Waals surface area contributed by atoms with Crippen LogP contribution < -0.4 is 4.90 Å². The zero-order valence-electron chi connectivity index (χ0n) is 17.9. The van der Waals surface area contributed by atoms with Crippen LogP contribution in [0.15, 0.2) is 42.7 Å². The Morgan fingerprint density at radius 3 is 2.71 bits per heavy atom. The van der Waals surface area contributed by atoms with Gasteiger partial charge in [0.1, 0.15) is 11.9 Å². The van der Waals surface area contributed by atoms with E-state index in [1.54, 1.807) is 10.7 Å². The first-order valence-corrected chi connectivity index (χ1v) is 11.0. The number of hydrogen-bond acceptors (Lipinski definition) is 5. The van der Waals surface area contributed by atoms with Crippen LogP contribution in [0, 0.1) is 11.8 Å². The van der Waals surface area contributed by atoms with Crippen molar-refractivity contribution < 1.29 is 9.50 Å². The first-order valence-electron chi connectivity index (χ1n) is 11.0. The van der Waals surface area contributed by atoms with Crippen molar-refractivity contribution in [3.05, 3.63) is 53.9 Å². The van der Waals surface area contributed by atoms with Crippen LogP contribution in [0.3, 0.4) is 0 Å². The fourth-order valence-corrected chi connectivity index (χ4v) is 5.30. The molecule has 3 aromatic rings. The van der Waals surface area contributed by atoms with Crippen LogP contribution in [0.4, 0.5) is 10.2 Å². The van der Waals surface area contributed by atoms with E-state index >= 15 is 0 Å². The molecule has 1 N–H and O–H groups in total. The van der Waals surface area contributed by atoms with Crippen molar-refractivity contribution in [2.75, 3.05) is 11.9 Å². The highest BCUT2D eigenvalue weighted by Crippen LogP contribution is 2.45. The summed E-state index contributed by atoms with van der Waals surface area (Å²) in [6, 6.07) is 9.19. The van der Waals surface area contributed by atoms with Gasteiger partial charge in [-0.15, -0.1) is 10.2 Å². The number of rotatable bonds is 5. The average Bonchev–Trinajstić information content (AvgIpc) is 3.37. The molecule has 0 spiro atoms. The summed E-state index contributed by atoms with van der Waals surface area (Å²) in [7, 11) is 3.80. The van der Waals surface area contributed by atoms with E-state index in [4.69, 9.17) is 0 Å². The van der Waals surface area contributed by atoms with E-state index in [0.717, 1.165) is 36.8 Å². The summed E-state index contributed by atoms with van der Waals surface area (Å²) >= 11 is 0. The standard InChI is InChI=1S/C24H28FN5O/c1-29-14-17(13-26-29)9-15-4-6-19(22(31)12-15)20-7-8-23(28-27-20)30(2)21-11-16-3-5-18(10-16)24(21)25/h4,6-8,12-14,16,18,21,24,31H,3,5,9-11H2,1-2H3/t16-,18+,21+,24-/m1/s1. The molecule has 2 aliphatic carbocycles. The smallest absolute Gasteiger partial charge is 0.151 e. The summed E-state index contributed by atoms with van der Waals surface area (Å²) < 4.78 is 16.7. The summed E-state index contributed by atoms with van der Waals surface area (Å²) in [5.74, 6) is 1.68. The van der Waals surface area contributed by atoms with Gasteiger partial charge in [-0.05, 0) is 72.9 Å². The number of benzene rings is 1. The second-order valence-corrected chi connectivity index (χ2v) is 9.12. The molecule has 31 heavy (non-hydrogen) atoms. The Balaban J connectivity index is 1.31. The molecule has 2 heterocycles. The summed E-state index contributed by atoms with van der Waals surface area (Å²) in [5, 5.41) is 23.4. The lowest BCUT2D eigenvalue weighted by atomic mass is 9.83. The number of halogens is 1. The van der Waals surface area contributed by atoms with Gasteiger partial charge in [-0.1, -0.05) is 6.07 Å². The topological polar surface area (TPSA) is 67.1 Å². The second-order valence-electron chi connectivity index (χ2n) is 9.12. The number of alkyl halides is 1. The van der Waals surface area contributed by atoms with Gasteiger partial charge in [0.15, 0.2) is 5.82 Å². The number of phenolic OH excluding ortho intramolecular Hbond substituents is 1. The molecular weight excluding hydrogens is 393 g/mol. The Bertz CT molecular complexity index is 1070. The van der Waals surface area contributed by atoms with Gasteiger partial charge >= 0.3 is 0 Å². The van der Waals surface area contributed by atoms with Crippen LogP contribution in [0.1, 0.15) is 36.8 Å². The molecular formula is C24H28FN5O. The highest BCUT2D eigenvalue weighted by Gasteiger charge is 2.44. The number of phenols is 1. The molecule has 0 amide bonds. The number of aromatic hydroxyl groups is 1. The zero-order valence-corrected chi connectivity index (χ0v) is 17.9. The van der Waals surface area contributed by atoms with Crippen molar-refractivity contribution in [1.82, 2.24) is 20.0 Å². The minimum atomic E-state index is -0.804. The molecule has 2 bridgehead atoms. The van der Waals surface area contributed by atoms with E-state index in [-0.39, 0.29) is 17.7 Å². The third-order valence-corrected chi connectivity index (χ3v) is 6.99. The summed E-state index contributed by atoms with van der Waals surface area (Å²) in [5.41, 5.74) is 3.32. The Hall–Kier alpha value is -2.96. The van der Waals surface area contributed by atoms with Crippen LogP contribution >= 0.6 is 0 Å². The van der Waals surface area contributed by atoms with Gasteiger partial charge in [-0.3, -0.25) is 4.68 Å². The average molecular weight is 422 g/mol. The first-order chi connectivity index (χ1) is 15.0. The normalized spacial score (nSPS) is 25.0. The molecule has 0 radical (unpaired) electrons. The molecule has 0 unspecified atom stereocenters. The SMILES string of the molecule is CN(c1ccc(-c2ccc(Cc3cnn(C)c3)cc2O)nn1)[C@H]1C[C@@H]2CC[C@@H](C2)[C@H]1F. The molecule has 6 nitrogen and oxygen atoms in total. The summed E-state index contributed by atoms with van der Waals surface area (Å²) in [6.07, 6.45) is 7.76. The number of aryl methyl sites for hydroxylation is 1. The van der Waals surface area contributed by atoms with Crippen molar-refractivity contribution in [2.24, 2.45) is 18.9 Å². The third kappa shape index (κ3) is 3.89. The zero-order chi connectivity index (χ0) is 21.5. The molecule has 2 aliphatic rings. The largest absolute Gasteiger partial charge is 0.507 e. The van der Waals surface area contributed by atoms with Crippen LogP contribution in [0.5, 0.6) is 5.75 Å². The maximum Gasteiger partial charge on any atom is 0.151 e. The quantitative estimate of drug-likeness (QED) is 0.671. The van der Waals surface area contributed by atoms with Gasteiger partial charge in [0.25, 0.3) is 0 Å². The second kappa shape index (κ2) is 7.94. The molecule has 4 atom stereocenters. The van der Waals surface area contributed by atoms with E-state index in [1.807, 2.05) is 55.7 Å². The Kier molecular flexibility index (Phi) is 5.12. The van der Waals surface area contributed by atoms with Gasteiger partial charge in [0.2, 0.25) is 0 Å². The van der Waals surface area contributed by atoms with Gasteiger partial charge in [0.05, 0.1) is 17.9 Å². The third-order valence-electron chi connectivity index (χ3n) is 6.99. The van der Waals surface area contributed by atoms with Gasteiger partial charge < -0.3 is 10.0 Å². The molecule has 2 aromatic heterocycles. The summed E-state index contributed by atoms with van der Waals surface area (Å²) in [6.45, 7) is 0. The number of aromatic nitrogens is 4. The highest BCUT2D eigenvalue weighted by atomic mass is 19.1. The number of nitrogens with zero attached hydrogens (tertiary/aromatic N) is 5. The Morgan fingerprint density at radius 2 is 2.00 bits per heavy atom. The van der Waals surface area contributed by atoms with E-state index in [0.29, 0.717) is 29.4 Å². The van der Waals surface area contributed by atoms with E-state index in [1.165, 1.54) is 0 Å². The van der Waals surface area contributed by atoms with E-state index in [9.17, 15) is 9.50 Å². The van der Waals surface area contributed by atoms with Crippen molar-refractivity contribution in [3.63, 3.8) is 0 Å². The Labute approximate surface area is 181 Å². The van der Waals surface area contributed by atoms with Crippen molar-refractivity contribution in [2.45, 2.75) is 44.3 Å². The summed E-state index contributed by atoms with van der Waals surface area (Å²) in [4.78, 5) is 1.95. The van der Waals surface area contributed by atoms with Crippen molar-refractivity contribution in [1.29, 1.82) is 0 Å². The number of anilines is 1. The lowest BCUT2D eigenvalue weighted by Crippen LogP contribution is -2.46. The van der Waals surface area contributed by atoms with Crippen LogP contribution in [-0.4, -0.2) is 44.3 Å². The maximum atomic E-state index is 14.9. The fraction of sp³-hybridized carbons (Fsp3) is 0.458. The highest BCUT2D eigenvalue weighted by molar-refractivity contribution is 5.67. The number of hydrogen-bond donors (Lipinski definition) is 1. The predicted octanol–water partition coefficient (Wildman–Crippen LogP) is 4.14. The van der Waals surface area contributed by atoms with Crippen LogP contribution in [0.2, 0.25) is 0 Å². The number of fused-ring (bicyclic) bond motifs is 2. The van der Waals surface area contributed by atoms with Gasteiger partial charge in [-0.25, -0.2) is 4.39 Å². The van der Waals surface area contributed by atoms with Gasteiger partial charge in [-0.2, -0.15) is 5.10 Å². The molecule has 162 valence electrons.